The third-order valence-electron chi connectivity index (χ3n) is 6.48. The minimum atomic E-state index is -4.08. The largest absolute Gasteiger partial charge is 0.462 e. The predicted molar refractivity (Wildman–Crippen MR) is 158 cm³/mol. The second-order valence-electron chi connectivity index (χ2n) is 10.0. The normalized spacial score (nSPS) is 14.8. The third kappa shape index (κ3) is 6.87. The number of hydrogen-bond donors (Lipinski definition) is 1. The van der Waals surface area contributed by atoms with Gasteiger partial charge in [-0.05, 0) is 59.9 Å². The Hall–Kier alpha value is -3.50. The molecule has 2 aromatic heterocycles. The average Bonchev–Trinajstić information content (AvgIpc) is 3.29. The highest BCUT2D eigenvalue weighted by Gasteiger charge is 2.41. The Morgan fingerprint density at radius 3 is 2.41 bits per heavy atom. The van der Waals surface area contributed by atoms with Crippen LogP contribution in [0.15, 0.2) is 54.6 Å². The lowest BCUT2D eigenvalue weighted by molar-refractivity contribution is -0.151. The van der Waals surface area contributed by atoms with Gasteiger partial charge in [0.2, 0.25) is 0 Å². The van der Waals surface area contributed by atoms with Crippen LogP contribution in [0.25, 0.3) is 21.9 Å². The molecule has 0 spiro atoms. The predicted octanol–water partition coefficient (Wildman–Crippen LogP) is 5.57. The Morgan fingerprint density at radius 2 is 1.73 bits per heavy atom. The number of imidazole rings is 1. The smallest absolute Gasteiger partial charge is 0.462 e. The van der Waals surface area contributed by atoms with Gasteiger partial charge in [0, 0.05) is 12.0 Å². The highest BCUT2D eigenvalue weighted by Crippen LogP contribution is 2.53. The van der Waals surface area contributed by atoms with Crippen molar-refractivity contribution >= 4 is 41.5 Å². The van der Waals surface area contributed by atoms with Gasteiger partial charge in [-0.25, -0.2) is 14.5 Å². The molecule has 12 heteroatoms. The van der Waals surface area contributed by atoms with Crippen LogP contribution in [-0.4, -0.2) is 57.1 Å². The number of aromatic nitrogens is 3. The summed E-state index contributed by atoms with van der Waals surface area (Å²) in [6, 6.07) is 15.5. The van der Waals surface area contributed by atoms with Gasteiger partial charge in [-0.3, -0.25) is 9.32 Å². The van der Waals surface area contributed by atoms with Gasteiger partial charge in [0.25, 0.3) is 0 Å². The van der Waals surface area contributed by atoms with E-state index in [1.54, 1.807) is 52.0 Å². The quantitative estimate of drug-likeness (QED) is 0.157. The summed E-state index contributed by atoms with van der Waals surface area (Å²) in [5, 5.41) is 0.866. The summed E-state index contributed by atoms with van der Waals surface area (Å²) in [6.07, 6.45) is -0.992. The molecule has 0 amide bonds. The second kappa shape index (κ2) is 13.0. The summed E-state index contributed by atoms with van der Waals surface area (Å²) in [4.78, 5) is 22.0. The van der Waals surface area contributed by atoms with E-state index in [9.17, 15) is 9.36 Å². The molecule has 11 nitrogen and oxygen atoms in total. The molecule has 0 bridgehead atoms. The second-order valence-corrected chi connectivity index (χ2v) is 12.0. The van der Waals surface area contributed by atoms with Crippen LogP contribution >= 0.6 is 7.75 Å². The SMILES string of the molecule is CCOCc1nc2c(N)nc3ccccc3c2n1C[C@H](C)O[P@](=O)(Oc1ccccc1)N(C)[C@@H](C)C(=O)OC(C)C. The topological polar surface area (TPSA) is 131 Å². The van der Waals surface area contributed by atoms with Gasteiger partial charge in [0.05, 0.1) is 29.8 Å². The summed E-state index contributed by atoms with van der Waals surface area (Å²) in [6.45, 7) is 9.78. The minimum absolute atomic E-state index is 0.238. The van der Waals surface area contributed by atoms with Gasteiger partial charge in [-0.2, -0.15) is 4.67 Å². The van der Waals surface area contributed by atoms with E-state index < -0.39 is 25.9 Å². The van der Waals surface area contributed by atoms with E-state index in [0.717, 1.165) is 16.4 Å². The zero-order valence-corrected chi connectivity index (χ0v) is 25.2. The third-order valence-corrected chi connectivity index (χ3v) is 8.67. The molecule has 4 rings (SSSR count). The molecule has 2 N–H and O–H groups in total. The number of nitrogens with zero attached hydrogens (tertiary/aromatic N) is 4. The van der Waals surface area contributed by atoms with Crippen LogP contribution in [0, 0.1) is 0 Å². The number of hydrogen-bond acceptors (Lipinski definition) is 9. The molecule has 2 aromatic carbocycles. The molecule has 3 atom stereocenters. The van der Waals surface area contributed by atoms with Crippen LogP contribution in [0.3, 0.4) is 0 Å². The summed E-state index contributed by atoms with van der Waals surface area (Å²) in [5.74, 6) is 0.737. The number of carbonyl (C=O) groups is 1. The van der Waals surface area contributed by atoms with Crippen molar-refractivity contribution in [2.45, 2.75) is 66.0 Å². The van der Waals surface area contributed by atoms with Gasteiger partial charge in [0.15, 0.2) is 5.82 Å². The monoisotopic (exact) mass is 583 g/mol. The number of para-hydroxylation sites is 2. The van der Waals surface area contributed by atoms with Gasteiger partial charge in [-0.15, -0.1) is 0 Å². The number of fused-ring (bicyclic) bond motifs is 3. The van der Waals surface area contributed by atoms with Crippen molar-refractivity contribution in [1.82, 2.24) is 19.2 Å². The Morgan fingerprint density at radius 1 is 1.05 bits per heavy atom. The van der Waals surface area contributed by atoms with E-state index in [0.29, 0.717) is 29.5 Å². The van der Waals surface area contributed by atoms with Crippen molar-refractivity contribution in [3.05, 3.63) is 60.4 Å². The fourth-order valence-corrected chi connectivity index (χ4v) is 6.14. The number of anilines is 1. The summed E-state index contributed by atoms with van der Waals surface area (Å²) in [7, 11) is -2.56. The van der Waals surface area contributed by atoms with Crippen molar-refractivity contribution in [3.63, 3.8) is 0 Å². The molecule has 0 unspecified atom stereocenters. The maximum atomic E-state index is 14.4. The van der Waals surface area contributed by atoms with Crippen LogP contribution in [-0.2, 0) is 36.5 Å². The van der Waals surface area contributed by atoms with Crippen LogP contribution in [0.4, 0.5) is 5.82 Å². The number of rotatable bonds is 13. The first kappa shape index (κ1) is 30.5. The molecule has 4 aromatic rings. The number of ether oxygens (including phenoxy) is 2. The zero-order chi connectivity index (χ0) is 29.7. The molecule has 0 aliphatic carbocycles. The first-order valence-corrected chi connectivity index (χ1v) is 15.1. The molecule has 2 heterocycles. The highest BCUT2D eigenvalue weighted by molar-refractivity contribution is 7.51. The Balaban J connectivity index is 1.72. The van der Waals surface area contributed by atoms with Gasteiger partial charge < -0.3 is 24.3 Å². The van der Waals surface area contributed by atoms with E-state index >= 15 is 0 Å². The molecule has 0 saturated carbocycles. The Kier molecular flexibility index (Phi) is 9.65. The van der Waals surface area contributed by atoms with E-state index in [2.05, 4.69) is 4.98 Å². The van der Waals surface area contributed by atoms with Crippen molar-refractivity contribution in [1.29, 1.82) is 0 Å². The Labute approximate surface area is 240 Å². The fraction of sp³-hybridized carbons (Fsp3) is 0.414. The Bertz CT molecular complexity index is 1540. The maximum absolute atomic E-state index is 14.4. The standard InChI is InChI=1S/C29H38N5O6P/c1-7-37-18-25-32-26-27(23-15-11-12-16-24(23)31-28(26)30)34(25)17-20(4)39-41(36,40-22-13-9-8-10-14-22)33(6)21(5)29(35)38-19(2)3/h8-16,19-21H,7,17-18H2,1-6H3,(H2,30,31)/t20-,21-,41-/m0/s1. The number of benzene rings is 2. The molecular formula is C29H38N5O6P. The molecule has 0 radical (unpaired) electrons. The molecule has 0 aliphatic rings. The lowest BCUT2D eigenvalue weighted by Crippen LogP contribution is -2.38. The van der Waals surface area contributed by atoms with Crippen molar-refractivity contribution in [2.75, 3.05) is 19.4 Å². The summed E-state index contributed by atoms with van der Waals surface area (Å²) < 4.78 is 41.0. The molecule has 220 valence electrons. The van der Waals surface area contributed by atoms with Crippen LogP contribution in [0.2, 0.25) is 0 Å². The van der Waals surface area contributed by atoms with E-state index in [4.69, 9.17) is 29.2 Å². The van der Waals surface area contributed by atoms with E-state index in [1.165, 1.54) is 11.7 Å². The van der Waals surface area contributed by atoms with Crippen molar-refractivity contribution in [2.24, 2.45) is 0 Å². The first-order chi connectivity index (χ1) is 19.5. The van der Waals surface area contributed by atoms with Gasteiger partial charge in [0.1, 0.15) is 29.7 Å². The van der Waals surface area contributed by atoms with E-state index in [1.807, 2.05) is 41.8 Å². The number of esters is 1. The number of nitrogens with two attached hydrogens (primary N) is 1. The molecule has 0 aliphatic heterocycles. The number of nitrogen functional groups attached to an aromatic ring is 1. The van der Waals surface area contributed by atoms with E-state index in [-0.39, 0.29) is 19.3 Å². The number of pyridine rings is 1. The molecule has 0 saturated heterocycles. The van der Waals surface area contributed by atoms with Crippen molar-refractivity contribution in [3.8, 4) is 5.75 Å². The lowest BCUT2D eigenvalue weighted by atomic mass is 10.2. The summed E-state index contributed by atoms with van der Waals surface area (Å²) >= 11 is 0. The van der Waals surface area contributed by atoms with Gasteiger partial charge in [-0.1, -0.05) is 36.4 Å². The molecular weight excluding hydrogens is 545 g/mol. The van der Waals surface area contributed by atoms with Crippen LogP contribution < -0.4 is 10.3 Å². The maximum Gasteiger partial charge on any atom is 0.462 e. The minimum Gasteiger partial charge on any atom is -0.462 e. The highest BCUT2D eigenvalue weighted by atomic mass is 31.2. The average molecular weight is 584 g/mol. The zero-order valence-electron chi connectivity index (χ0n) is 24.3. The van der Waals surface area contributed by atoms with Crippen molar-refractivity contribution < 1.29 is 27.9 Å². The fourth-order valence-electron chi connectivity index (χ4n) is 4.39. The molecule has 41 heavy (non-hydrogen) atoms. The number of likely N-dealkylation sites (N-methyl/N-ethyl adjacent to an activating group) is 1. The van der Waals surface area contributed by atoms with Crippen LogP contribution in [0.5, 0.6) is 5.75 Å². The lowest BCUT2D eigenvalue weighted by Gasteiger charge is -2.32. The first-order valence-electron chi connectivity index (χ1n) is 13.6. The van der Waals surface area contributed by atoms with Crippen LogP contribution in [0.1, 0.15) is 40.4 Å². The van der Waals surface area contributed by atoms with Gasteiger partial charge >= 0.3 is 13.7 Å². The number of carbonyl (C=O) groups excluding carboxylic acids is 1. The summed E-state index contributed by atoms with van der Waals surface area (Å²) in [5.41, 5.74) is 8.37. The molecule has 0 fully saturated rings.